The molecule has 5 nitrogen and oxygen atoms in total. The summed E-state index contributed by atoms with van der Waals surface area (Å²) in [5, 5.41) is 6.65. The van der Waals surface area contributed by atoms with Crippen molar-refractivity contribution in [1.29, 1.82) is 0 Å². The number of ether oxygens (including phenoxy) is 1. The number of carbonyl (C=O) groups is 1. The molecular weight excluding hydrogens is 268 g/mol. The molecule has 0 saturated heterocycles. The normalized spacial score (nSPS) is 10.7. The standard InChI is InChI=1S/C16H20N2O3/c1-5-14-11(4)16(21-18-14)17-15(19)12-6-8-13(9-7-12)20-10(2)3/h6-10H,5H2,1-4H3,(H,17,19). The topological polar surface area (TPSA) is 64.4 Å². The van der Waals surface area contributed by atoms with Crippen molar-refractivity contribution in [1.82, 2.24) is 5.16 Å². The molecule has 112 valence electrons. The van der Waals surface area contributed by atoms with E-state index in [2.05, 4.69) is 10.5 Å². The number of hydrogen-bond donors (Lipinski definition) is 1. The summed E-state index contributed by atoms with van der Waals surface area (Å²) >= 11 is 0. The number of amides is 1. The maximum Gasteiger partial charge on any atom is 0.258 e. The Morgan fingerprint density at radius 3 is 2.52 bits per heavy atom. The van der Waals surface area contributed by atoms with Gasteiger partial charge in [-0.25, -0.2) is 0 Å². The largest absolute Gasteiger partial charge is 0.491 e. The van der Waals surface area contributed by atoms with E-state index in [9.17, 15) is 4.79 Å². The summed E-state index contributed by atoms with van der Waals surface area (Å²) < 4.78 is 10.7. The van der Waals surface area contributed by atoms with Crippen molar-refractivity contribution < 1.29 is 14.1 Å². The highest BCUT2D eigenvalue weighted by Crippen LogP contribution is 2.20. The molecule has 0 atom stereocenters. The van der Waals surface area contributed by atoms with E-state index in [0.717, 1.165) is 23.4 Å². The van der Waals surface area contributed by atoms with Gasteiger partial charge in [-0.1, -0.05) is 12.1 Å². The Bertz CT molecular complexity index is 615. The average molecular weight is 288 g/mol. The SMILES string of the molecule is CCc1noc(NC(=O)c2ccc(OC(C)C)cc2)c1C. The van der Waals surface area contributed by atoms with E-state index in [4.69, 9.17) is 9.26 Å². The Morgan fingerprint density at radius 1 is 1.33 bits per heavy atom. The third kappa shape index (κ3) is 3.62. The van der Waals surface area contributed by atoms with Gasteiger partial charge in [-0.3, -0.25) is 10.1 Å². The lowest BCUT2D eigenvalue weighted by molar-refractivity contribution is 0.102. The van der Waals surface area contributed by atoms with Crippen LogP contribution in [0.4, 0.5) is 5.88 Å². The van der Waals surface area contributed by atoms with E-state index < -0.39 is 0 Å². The van der Waals surface area contributed by atoms with Crippen molar-refractivity contribution in [3.8, 4) is 5.75 Å². The zero-order valence-electron chi connectivity index (χ0n) is 12.8. The van der Waals surface area contributed by atoms with Gasteiger partial charge in [0.15, 0.2) is 0 Å². The molecule has 21 heavy (non-hydrogen) atoms. The fraction of sp³-hybridized carbons (Fsp3) is 0.375. The summed E-state index contributed by atoms with van der Waals surface area (Å²) in [7, 11) is 0. The van der Waals surface area contributed by atoms with Crippen LogP contribution in [0, 0.1) is 6.92 Å². The number of anilines is 1. The smallest absolute Gasteiger partial charge is 0.258 e. The van der Waals surface area contributed by atoms with E-state index in [1.807, 2.05) is 27.7 Å². The molecule has 0 fully saturated rings. The number of aromatic nitrogens is 1. The van der Waals surface area contributed by atoms with Crippen molar-refractivity contribution in [3.63, 3.8) is 0 Å². The second kappa shape index (κ2) is 6.43. The van der Waals surface area contributed by atoms with Crippen LogP contribution in [0.2, 0.25) is 0 Å². The maximum atomic E-state index is 12.2. The zero-order chi connectivity index (χ0) is 15.4. The molecule has 0 aliphatic rings. The van der Waals surface area contributed by atoms with Gasteiger partial charge in [0.25, 0.3) is 5.91 Å². The molecule has 0 spiro atoms. The molecule has 1 N–H and O–H groups in total. The van der Waals surface area contributed by atoms with Crippen LogP contribution in [0.1, 0.15) is 42.4 Å². The molecule has 5 heteroatoms. The summed E-state index contributed by atoms with van der Waals surface area (Å²) in [6.07, 6.45) is 0.876. The Labute approximate surface area is 124 Å². The molecule has 1 heterocycles. The van der Waals surface area contributed by atoms with Crippen molar-refractivity contribution in [2.45, 2.75) is 40.2 Å². The molecule has 2 rings (SSSR count). The summed E-state index contributed by atoms with van der Waals surface area (Å²) in [4.78, 5) is 12.2. The molecular formula is C16H20N2O3. The number of rotatable bonds is 5. The van der Waals surface area contributed by atoms with Crippen LogP contribution in [-0.4, -0.2) is 17.2 Å². The van der Waals surface area contributed by atoms with E-state index in [1.54, 1.807) is 24.3 Å². The van der Waals surface area contributed by atoms with Crippen LogP contribution in [0.15, 0.2) is 28.8 Å². The van der Waals surface area contributed by atoms with Gasteiger partial charge in [0.1, 0.15) is 5.75 Å². The molecule has 1 amide bonds. The van der Waals surface area contributed by atoms with Crippen molar-refractivity contribution in [2.75, 3.05) is 5.32 Å². The molecule has 0 aliphatic heterocycles. The number of nitrogens with one attached hydrogen (secondary N) is 1. The predicted octanol–water partition coefficient (Wildman–Crippen LogP) is 3.58. The number of aryl methyl sites for hydroxylation is 1. The first-order valence-corrected chi connectivity index (χ1v) is 7.04. The lowest BCUT2D eigenvalue weighted by Gasteiger charge is -2.09. The van der Waals surface area contributed by atoms with Gasteiger partial charge < -0.3 is 9.26 Å². The minimum absolute atomic E-state index is 0.106. The minimum Gasteiger partial charge on any atom is -0.491 e. The minimum atomic E-state index is -0.229. The van der Waals surface area contributed by atoms with Gasteiger partial charge in [-0.2, -0.15) is 0 Å². The van der Waals surface area contributed by atoms with Gasteiger partial charge >= 0.3 is 0 Å². The molecule has 0 aliphatic carbocycles. The molecule has 1 aromatic carbocycles. The lowest BCUT2D eigenvalue weighted by Crippen LogP contribution is -2.12. The van der Waals surface area contributed by atoms with E-state index in [0.29, 0.717) is 11.4 Å². The first-order chi connectivity index (χ1) is 10.0. The first kappa shape index (κ1) is 15.1. The van der Waals surface area contributed by atoms with Crippen molar-refractivity contribution >= 4 is 11.8 Å². The highest BCUT2D eigenvalue weighted by Gasteiger charge is 2.14. The fourth-order valence-corrected chi connectivity index (χ4v) is 1.95. The predicted molar refractivity (Wildman–Crippen MR) is 80.8 cm³/mol. The monoisotopic (exact) mass is 288 g/mol. The number of benzene rings is 1. The number of hydrogen-bond acceptors (Lipinski definition) is 4. The van der Waals surface area contributed by atoms with Gasteiger partial charge in [0, 0.05) is 11.1 Å². The van der Waals surface area contributed by atoms with Crippen LogP contribution in [0.3, 0.4) is 0 Å². The van der Waals surface area contributed by atoms with E-state index in [-0.39, 0.29) is 12.0 Å². The summed E-state index contributed by atoms with van der Waals surface area (Å²) in [5.74, 6) is 0.915. The van der Waals surface area contributed by atoms with E-state index in [1.165, 1.54) is 0 Å². The Kier molecular flexibility index (Phi) is 4.62. The van der Waals surface area contributed by atoms with Crippen LogP contribution in [-0.2, 0) is 6.42 Å². The van der Waals surface area contributed by atoms with Crippen molar-refractivity contribution in [3.05, 3.63) is 41.1 Å². The third-order valence-corrected chi connectivity index (χ3v) is 3.07. The maximum absolute atomic E-state index is 12.2. The first-order valence-electron chi connectivity index (χ1n) is 7.04. The molecule has 2 aromatic rings. The quantitative estimate of drug-likeness (QED) is 0.913. The van der Waals surface area contributed by atoms with Gasteiger partial charge in [0.05, 0.1) is 11.8 Å². The van der Waals surface area contributed by atoms with Crippen molar-refractivity contribution in [2.24, 2.45) is 0 Å². The Balaban J connectivity index is 2.07. The summed E-state index contributed by atoms with van der Waals surface area (Å²) in [6, 6.07) is 7.00. The lowest BCUT2D eigenvalue weighted by atomic mass is 10.2. The molecule has 1 aromatic heterocycles. The fourth-order valence-electron chi connectivity index (χ4n) is 1.95. The summed E-state index contributed by atoms with van der Waals surface area (Å²) in [6.45, 7) is 7.78. The molecule has 0 radical (unpaired) electrons. The van der Waals surface area contributed by atoms with Crippen LogP contribution in [0.25, 0.3) is 0 Å². The average Bonchev–Trinajstić information content (AvgIpc) is 2.79. The number of nitrogens with zero attached hydrogens (tertiary/aromatic N) is 1. The third-order valence-electron chi connectivity index (χ3n) is 3.07. The second-order valence-corrected chi connectivity index (χ2v) is 5.08. The highest BCUT2D eigenvalue weighted by molar-refractivity contribution is 6.03. The van der Waals surface area contributed by atoms with Gasteiger partial charge in [-0.15, -0.1) is 0 Å². The van der Waals surface area contributed by atoms with Crippen LogP contribution >= 0.6 is 0 Å². The molecule has 0 bridgehead atoms. The Hall–Kier alpha value is -2.30. The van der Waals surface area contributed by atoms with Crippen LogP contribution < -0.4 is 10.1 Å². The Morgan fingerprint density at radius 2 is 2.00 bits per heavy atom. The number of carbonyl (C=O) groups excluding carboxylic acids is 1. The summed E-state index contributed by atoms with van der Waals surface area (Å²) in [5.41, 5.74) is 2.26. The van der Waals surface area contributed by atoms with Crippen LogP contribution in [0.5, 0.6) is 5.75 Å². The molecule has 0 unspecified atom stereocenters. The van der Waals surface area contributed by atoms with Gasteiger partial charge in [0.2, 0.25) is 5.88 Å². The second-order valence-electron chi connectivity index (χ2n) is 5.08. The zero-order valence-corrected chi connectivity index (χ0v) is 12.8. The molecule has 0 saturated carbocycles. The highest BCUT2D eigenvalue weighted by atomic mass is 16.5. The van der Waals surface area contributed by atoms with E-state index >= 15 is 0 Å². The van der Waals surface area contributed by atoms with Gasteiger partial charge in [-0.05, 0) is 51.5 Å².